The predicted molar refractivity (Wildman–Crippen MR) is 77.7 cm³/mol. The van der Waals surface area contributed by atoms with Gasteiger partial charge in [-0.3, -0.25) is 0 Å². The molecule has 0 unspecified atom stereocenters. The van der Waals surface area contributed by atoms with Gasteiger partial charge in [-0.15, -0.1) is 0 Å². The monoisotopic (exact) mass is 308 g/mol. The lowest BCUT2D eigenvalue weighted by Crippen LogP contribution is -2.10. The van der Waals surface area contributed by atoms with E-state index in [0.717, 1.165) is 12.4 Å². The van der Waals surface area contributed by atoms with Crippen LogP contribution in [-0.4, -0.2) is 37.3 Å². The van der Waals surface area contributed by atoms with Gasteiger partial charge in [-0.25, -0.2) is 24.4 Å². The Bertz CT molecular complexity index is 630. The molecule has 0 aliphatic heterocycles. The van der Waals surface area contributed by atoms with E-state index >= 15 is 0 Å². The quantitative estimate of drug-likeness (QED) is 0.480. The van der Waals surface area contributed by atoms with Crippen molar-refractivity contribution < 1.29 is 9.53 Å². The van der Waals surface area contributed by atoms with Gasteiger partial charge in [0, 0.05) is 12.7 Å². The van der Waals surface area contributed by atoms with Crippen LogP contribution >= 0.6 is 11.8 Å². The maximum absolute atomic E-state index is 11.6. The van der Waals surface area contributed by atoms with Gasteiger partial charge in [-0.1, -0.05) is 11.8 Å². The van der Waals surface area contributed by atoms with Gasteiger partial charge in [0.05, 0.1) is 12.4 Å². The van der Waals surface area contributed by atoms with E-state index in [1.165, 1.54) is 24.3 Å². The predicted octanol–water partition coefficient (Wildman–Crippen LogP) is 1.14. The first-order valence-corrected chi connectivity index (χ1v) is 7.43. The average Bonchev–Trinajstić information content (AvgIpc) is 2.92. The van der Waals surface area contributed by atoms with Crippen LogP contribution < -0.4 is 5.73 Å². The first-order chi connectivity index (χ1) is 10.2. The lowest BCUT2D eigenvalue weighted by molar-refractivity contribution is 0.0526. The molecule has 0 saturated carbocycles. The highest BCUT2D eigenvalue weighted by Gasteiger charge is 2.14. The zero-order valence-electron chi connectivity index (χ0n) is 11.8. The molecule has 0 spiro atoms. The second kappa shape index (κ2) is 7.02. The van der Waals surface area contributed by atoms with E-state index in [4.69, 9.17) is 10.5 Å². The molecule has 9 heteroatoms. The number of aryl methyl sites for hydroxylation is 1. The standard InChI is InChI=1S/C12H16N6O2S/c1-3-18-9(15-7-16-18)6-21-12-14-5-8(10(13)17-12)11(19)20-4-2/h5,7H,3-4,6H2,1-2H3,(H2,13,14,17). The molecule has 0 aliphatic carbocycles. The number of thioether (sulfide) groups is 1. The largest absolute Gasteiger partial charge is 0.462 e. The number of nitrogen functional groups attached to an aromatic ring is 1. The Kier molecular flexibility index (Phi) is 5.09. The summed E-state index contributed by atoms with van der Waals surface area (Å²) in [6, 6.07) is 0. The smallest absolute Gasteiger partial charge is 0.343 e. The highest BCUT2D eigenvalue weighted by atomic mass is 32.2. The molecule has 21 heavy (non-hydrogen) atoms. The lowest BCUT2D eigenvalue weighted by Gasteiger charge is -2.06. The fraction of sp³-hybridized carbons (Fsp3) is 0.417. The minimum atomic E-state index is -0.516. The molecular formula is C12H16N6O2S. The Labute approximate surface area is 126 Å². The molecule has 0 atom stereocenters. The van der Waals surface area contributed by atoms with Gasteiger partial charge in [-0.05, 0) is 13.8 Å². The normalized spacial score (nSPS) is 10.6. The fourth-order valence-corrected chi connectivity index (χ4v) is 2.38. The first kappa shape index (κ1) is 15.2. The van der Waals surface area contributed by atoms with Gasteiger partial charge in [0.1, 0.15) is 23.5 Å². The molecule has 2 aromatic rings. The van der Waals surface area contributed by atoms with E-state index in [0.29, 0.717) is 10.9 Å². The minimum Gasteiger partial charge on any atom is -0.462 e. The third-order valence-corrected chi connectivity index (χ3v) is 3.47. The van der Waals surface area contributed by atoms with Crippen molar-refractivity contribution in [1.82, 2.24) is 24.7 Å². The van der Waals surface area contributed by atoms with Gasteiger partial charge >= 0.3 is 5.97 Å². The molecular weight excluding hydrogens is 292 g/mol. The van der Waals surface area contributed by atoms with Gasteiger partial charge in [-0.2, -0.15) is 5.10 Å². The average molecular weight is 308 g/mol. The summed E-state index contributed by atoms with van der Waals surface area (Å²) in [7, 11) is 0. The van der Waals surface area contributed by atoms with Crippen LogP contribution in [0.3, 0.4) is 0 Å². The van der Waals surface area contributed by atoms with E-state index in [1.807, 2.05) is 6.92 Å². The van der Waals surface area contributed by atoms with Crippen LogP contribution in [0.5, 0.6) is 0 Å². The summed E-state index contributed by atoms with van der Waals surface area (Å²) in [5.41, 5.74) is 5.94. The van der Waals surface area contributed by atoms with E-state index < -0.39 is 5.97 Å². The van der Waals surface area contributed by atoms with Gasteiger partial charge < -0.3 is 10.5 Å². The van der Waals surface area contributed by atoms with Crippen LogP contribution in [0.1, 0.15) is 30.0 Å². The topological polar surface area (TPSA) is 109 Å². The molecule has 8 nitrogen and oxygen atoms in total. The molecule has 0 saturated heterocycles. The van der Waals surface area contributed by atoms with Crippen LogP contribution in [0.25, 0.3) is 0 Å². The molecule has 0 fully saturated rings. The van der Waals surface area contributed by atoms with Crippen LogP contribution in [0.4, 0.5) is 5.82 Å². The van der Waals surface area contributed by atoms with Gasteiger partial charge in [0.2, 0.25) is 0 Å². The number of nitrogens with zero attached hydrogens (tertiary/aromatic N) is 5. The van der Waals surface area contributed by atoms with Gasteiger partial charge in [0.25, 0.3) is 0 Å². The Morgan fingerprint density at radius 3 is 2.90 bits per heavy atom. The van der Waals surface area contributed by atoms with E-state index in [2.05, 4.69) is 20.1 Å². The summed E-state index contributed by atoms with van der Waals surface area (Å²) >= 11 is 1.38. The Balaban J connectivity index is 2.05. The molecule has 0 radical (unpaired) electrons. The number of hydrogen-bond acceptors (Lipinski definition) is 8. The molecule has 0 bridgehead atoms. The number of hydrogen-bond donors (Lipinski definition) is 1. The summed E-state index contributed by atoms with van der Waals surface area (Å²) < 4.78 is 6.67. The summed E-state index contributed by atoms with van der Waals surface area (Å²) in [5, 5.41) is 4.57. The van der Waals surface area contributed by atoms with E-state index in [-0.39, 0.29) is 18.0 Å². The number of nitrogens with two attached hydrogens (primary N) is 1. The van der Waals surface area contributed by atoms with E-state index in [9.17, 15) is 4.79 Å². The first-order valence-electron chi connectivity index (χ1n) is 6.44. The van der Waals surface area contributed by atoms with Crippen molar-refractivity contribution in [3.8, 4) is 0 Å². The van der Waals surface area contributed by atoms with Crippen LogP contribution in [0.15, 0.2) is 17.7 Å². The molecule has 2 aromatic heterocycles. The van der Waals surface area contributed by atoms with Gasteiger partial charge in [0.15, 0.2) is 5.16 Å². The van der Waals surface area contributed by atoms with Crippen molar-refractivity contribution in [1.29, 1.82) is 0 Å². The summed E-state index contributed by atoms with van der Waals surface area (Å²) in [6.07, 6.45) is 2.89. The highest BCUT2D eigenvalue weighted by Crippen LogP contribution is 2.20. The number of carbonyl (C=O) groups excluding carboxylic acids is 1. The zero-order chi connectivity index (χ0) is 15.2. The van der Waals surface area contributed by atoms with Crippen molar-refractivity contribution in [3.63, 3.8) is 0 Å². The second-order valence-electron chi connectivity index (χ2n) is 3.95. The van der Waals surface area contributed by atoms with Crippen molar-refractivity contribution in [3.05, 3.63) is 23.9 Å². The molecule has 0 aliphatic rings. The SMILES string of the molecule is CCOC(=O)c1cnc(SCc2ncnn2CC)nc1N. The second-order valence-corrected chi connectivity index (χ2v) is 4.90. The summed E-state index contributed by atoms with van der Waals surface area (Å²) in [5.74, 6) is 1.01. The van der Waals surface area contributed by atoms with Crippen molar-refractivity contribution >= 4 is 23.5 Å². The third kappa shape index (κ3) is 3.69. The maximum Gasteiger partial charge on any atom is 0.343 e. The maximum atomic E-state index is 11.6. The Morgan fingerprint density at radius 1 is 1.43 bits per heavy atom. The number of esters is 1. The minimum absolute atomic E-state index is 0.114. The van der Waals surface area contributed by atoms with Crippen LogP contribution in [0.2, 0.25) is 0 Å². The zero-order valence-corrected chi connectivity index (χ0v) is 12.6. The van der Waals surface area contributed by atoms with E-state index in [1.54, 1.807) is 11.6 Å². The fourth-order valence-electron chi connectivity index (χ4n) is 1.61. The molecule has 0 amide bonds. The van der Waals surface area contributed by atoms with Crippen LogP contribution in [0, 0.1) is 0 Å². The number of ether oxygens (including phenoxy) is 1. The van der Waals surface area contributed by atoms with Crippen LogP contribution in [-0.2, 0) is 17.0 Å². The molecule has 112 valence electrons. The highest BCUT2D eigenvalue weighted by molar-refractivity contribution is 7.98. The molecule has 2 rings (SSSR count). The van der Waals surface area contributed by atoms with Crippen molar-refractivity contribution in [2.24, 2.45) is 0 Å². The molecule has 2 heterocycles. The molecule has 2 N–H and O–H groups in total. The lowest BCUT2D eigenvalue weighted by atomic mass is 10.3. The number of rotatable bonds is 6. The molecule has 0 aromatic carbocycles. The summed E-state index contributed by atoms with van der Waals surface area (Å²) in [6.45, 7) is 4.75. The number of carbonyl (C=O) groups is 1. The Hall–Kier alpha value is -2.16. The number of aromatic nitrogens is 5. The van der Waals surface area contributed by atoms with Crippen molar-refractivity contribution in [2.75, 3.05) is 12.3 Å². The third-order valence-electron chi connectivity index (χ3n) is 2.62. The Morgan fingerprint density at radius 2 is 2.24 bits per heavy atom. The van der Waals surface area contributed by atoms with Crippen molar-refractivity contribution in [2.45, 2.75) is 31.3 Å². The number of anilines is 1. The summed E-state index contributed by atoms with van der Waals surface area (Å²) in [4.78, 5) is 24.0.